The average molecular weight is 235 g/mol. The summed E-state index contributed by atoms with van der Waals surface area (Å²) in [5.74, 6) is 1.02. The van der Waals surface area contributed by atoms with Gasteiger partial charge in [0.15, 0.2) is 0 Å². The number of hydrogen-bond acceptors (Lipinski definition) is 4. The molecule has 1 aromatic heterocycles. The van der Waals surface area contributed by atoms with Crippen molar-refractivity contribution < 1.29 is 0 Å². The zero-order chi connectivity index (χ0) is 11.7. The smallest absolute Gasteiger partial charge is 0.202 e. The maximum atomic E-state index is 5.95. The number of nitrogens with one attached hydrogen (secondary N) is 1. The molecule has 3 N–H and O–H groups in total. The SMILES string of the molecule is NC1CCN(C2CCN(c3ncc[nH]3)C2)CC1. The highest BCUT2D eigenvalue weighted by Gasteiger charge is 2.30. The summed E-state index contributed by atoms with van der Waals surface area (Å²) in [5, 5.41) is 0. The van der Waals surface area contributed by atoms with Crippen LogP contribution >= 0.6 is 0 Å². The van der Waals surface area contributed by atoms with Gasteiger partial charge in [-0.05, 0) is 32.4 Å². The van der Waals surface area contributed by atoms with Crippen molar-refractivity contribution in [2.75, 3.05) is 31.1 Å². The van der Waals surface area contributed by atoms with Crippen molar-refractivity contribution in [1.82, 2.24) is 14.9 Å². The van der Waals surface area contributed by atoms with Crippen LogP contribution in [0, 0.1) is 0 Å². The summed E-state index contributed by atoms with van der Waals surface area (Å²) in [6.07, 6.45) is 7.26. The molecule has 17 heavy (non-hydrogen) atoms. The lowest BCUT2D eigenvalue weighted by atomic mass is 10.0. The first-order valence-corrected chi connectivity index (χ1v) is 6.57. The second-order valence-corrected chi connectivity index (χ2v) is 5.17. The number of aromatic nitrogens is 2. The normalized spacial score (nSPS) is 27.8. The van der Waals surface area contributed by atoms with E-state index in [-0.39, 0.29) is 0 Å². The van der Waals surface area contributed by atoms with Gasteiger partial charge >= 0.3 is 0 Å². The van der Waals surface area contributed by atoms with Crippen molar-refractivity contribution >= 4 is 5.95 Å². The summed E-state index contributed by atoms with van der Waals surface area (Å²) in [6, 6.07) is 1.11. The predicted molar refractivity (Wildman–Crippen MR) is 68.0 cm³/mol. The highest BCUT2D eigenvalue weighted by atomic mass is 15.3. The number of hydrogen-bond donors (Lipinski definition) is 2. The van der Waals surface area contributed by atoms with Crippen LogP contribution in [0.5, 0.6) is 0 Å². The van der Waals surface area contributed by atoms with E-state index in [9.17, 15) is 0 Å². The molecule has 0 aliphatic carbocycles. The lowest BCUT2D eigenvalue weighted by molar-refractivity contribution is 0.163. The van der Waals surface area contributed by atoms with Gasteiger partial charge in [-0.3, -0.25) is 4.90 Å². The molecule has 3 heterocycles. The van der Waals surface area contributed by atoms with E-state index in [1.165, 1.54) is 6.42 Å². The van der Waals surface area contributed by atoms with Crippen LogP contribution in [0.25, 0.3) is 0 Å². The molecule has 0 amide bonds. The molecule has 2 aliphatic heterocycles. The Hall–Kier alpha value is -1.07. The fourth-order valence-corrected chi connectivity index (χ4v) is 2.95. The van der Waals surface area contributed by atoms with Crippen molar-refractivity contribution in [3.8, 4) is 0 Å². The highest BCUT2D eigenvalue weighted by Crippen LogP contribution is 2.22. The Morgan fingerprint density at radius 1 is 1.24 bits per heavy atom. The summed E-state index contributed by atoms with van der Waals surface area (Å²) in [5.41, 5.74) is 5.95. The lowest BCUT2D eigenvalue weighted by Crippen LogP contribution is -2.46. The van der Waals surface area contributed by atoms with Crippen LogP contribution < -0.4 is 10.6 Å². The molecule has 0 bridgehead atoms. The first-order valence-electron chi connectivity index (χ1n) is 6.57. The van der Waals surface area contributed by atoms with E-state index in [1.54, 1.807) is 0 Å². The number of rotatable bonds is 2. The zero-order valence-electron chi connectivity index (χ0n) is 10.2. The molecular formula is C12H21N5. The number of aromatic amines is 1. The molecule has 0 saturated carbocycles. The molecule has 0 spiro atoms. The number of imidazole rings is 1. The van der Waals surface area contributed by atoms with Gasteiger partial charge in [-0.2, -0.15) is 0 Å². The molecular weight excluding hydrogens is 214 g/mol. The molecule has 0 radical (unpaired) electrons. The quantitative estimate of drug-likeness (QED) is 0.779. The van der Waals surface area contributed by atoms with E-state index in [4.69, 9.17) is 5.73 Å². The van der Waals surface area contributed by atoms with Crippen molar-refractivity contribution in [2.24, 2.45) is 5.73 Å². The number of nitrogens with zero attached hydrogens (tertiary/aromatic N) is 3. The largest absolute Gasteiger partial charge is 0.341 e. The first kappa shape index (κ1) is 11.0. The van der Waals surface area contributed by atoms with Gasteiger partial charge in [-0.25, -0.2) is 4.98 Å². The summed E-state index contributed by atoms with van der Waals surface area (Å²) in [6.45, 7) is 4.54. The molecule has 2 saturated heterocycles. The van der Waals surface area contributed by atoms with E-state index in [1.807, 2.05) is 12.4 Å². The minimum atomic E-state index is 0.425. The lowest BCUT2D eigenvalue weighted by Gasteiger charge is -2.34. The average Bonchev–Trinajstić information content (AvgIpc) is 3.00. The molecule has 2 fully saturated rings. The Morgan fingerprint density at radius 3 is 2.76 bits per heavy atom. The fraction of sp³-hybridized carbons (Fsp3) is 0.750. The molecule has 1 aromatic rings. The Bertz CT molecular complexity index is 342. The van der Waals surface area contributed by atoms with Crippen molar-refractivity contribution in [1.29, 1.82) is 0 Å². The highest BCUT2D eigenvalue weighted by molar-refractivity contribution is 5.31. The minimum Gasteiger partial charge on any atom is -0.341 e. The third-order valence-electron chi connectivity index (χ3n) is 4.04. The summed E-state index contributed by atoms with van der Waals surface area (Å²) in [7, 11) is 0. The number of H-pyrrole nitrogens is 1. The third-order valence-corrected chi connectivity index (χ3v) is 4.04. The Morgan fingerprint density at radius 2 is 2.06 bits per heavy atom. The Kier molecular flexibility index (Phi) is 3.03. The van der Waals surface area contributed by atoms with E-state index in [0.29, 0.717) is 12.1 Å². The van der Waals surface area contributed by atoms with Crippen LogP contribution in [0.15, 0.2) is 12.4 Å². The zero-order valence-corrected chi connectivity index (χ0v) is 10.2. The second kappa shape index (κ2) is 4.66. The molecule has 5 heteroatoms. The molecule has 1 atom stereocenters. The summed E-state index contributed by atoms with van der Waals surface area (Å²) < 4.78 is 0. The van der Waals surface area contributed by atoms with Crippen LogP contribution in [-0.2, 0) is 0 Å². The van der Waals surface area contributed by atoms with Gasteiger partial charge in [0.2, 0.25) is 5.95 Å². The van der Waals surface area contributed by atoms with Crippen LogP contribution in [0.4, 0.5) is 5.95 Å². The molecule has 3 rings (SSSR count). The molecule has 94 valence electrons. The topological polar surface area (TPSA) is 61.2 Å². The van der Waals surface area contributed by atoms with Crippen LogP contribution in [-0.4, -0.2) is 53.1 Å². The monoisotopic (exact) mass is 235 g/mol. The van der Waals surface area contributed by atoms with Crippen LogP contribution in [0.3, 0.4) is 0 Å². The maximum Gasteiger partial charge on any atom is 0.202 e. The van der Waals surface area contributed by atoms with Crippen LogP contribution in [0.2, 0.25) is 0 Å². The van der Waals surface area contributed by atoms with Crippen molar-refractivity contribution in [2.45, 2.75) is 31.3 Å². The summed E-state index contributed by atoms with van der Waals surface area (Å²) >= 11 is 0. The van der Waals surface area contributed by atoms with Crippen molar-refractivity contribution in [3.05, 3.63) is 12.4 Å². The number of anilines is 1. The molecule has 0 aromatic carbocycles. The molecule has 2 aliphatic rings. The van der Waals surface area contributed by atoms with Gasteiger partial charge < -0.3 is 15.6 Å². The van der Waals surface area contributed by atoms with Gasteiger partial charge in [-0.15, -0.1) is 0 Å². The van der Waals surface area contributed by atoms with E-state index in [0.717, 1.165) is 45.0 Å². The van der Waals surface area contributed by atoms with E-state index < -0.39 is 0 Å². The minimum absolute atomic E-state index is 0.425. The number of likely N-dealkylation sites (tertiary alicyclic amines) is 1. The Balaban J connectivity index is 1.57. The van der Waals surface area contributed by atoms with Gasteiger partial charge in [0.1, 0.15) is 0 Å². The number of piperidine rings is 1. The predicted octanol–water partition coefficient (Wildman–Crippen LogP) is 0.411. The first-order chi connectivity index (χ1) is 8.33. The standard InChI is InChI=1S/C12H21N5/c13-10-1-6-16(7-2-10)11-3-8-17(9-11)12-14-4-5-15-12/h4-5,10-11H,1-3,6-9,13H2,(H,14,15). The van der Waals surface area contributed by atoms with E-state index >= 15 is 0 Å². The molecule has 5 nitrogen and oxygen atoms in total. The Labute approximate surface area is 102 Å². The maximum absolute atomic E-state index is 5.95. The third kappa shape index (κ3) is 2.30. The molecule has 1 unspecified atom stereocenters. The second-order valence-electron chi connectivity index (χ2n) is 5.17. The van der Waals surface area contributed by atoms with Crippen LogP contribution in [0.1, 0.15) is 19.3 Å². The number of nitrogens with two attached hydrogens (primary N) is 1. The van der Waals surface area contributed by atoms with Gasteiger partial charge in [0.05, 0.1) is 0 Å². The van der Waals surface area contributed by atoms with E-state index in [2.05, 4.69) is 19.8 Å². The van der Waals surface area contributed by atoms with Gasteiger partial charge in [-0.1, -0.05) is 0 Å². The summed E-state index contributed by atoms with van der Waals surface area (Å²) in [4.78, 5) is 12.5. The van der Waals surface area contributed by atoms with Gasteiger partial charge in [0, 0.05) is 37.6 Å². The van der Waals surface area contributed by atoms with Gasteiger partial charge in [0.25, 0.3) is 0 Å². The fourth-order valence-electron chi connectivity index (χ4n) is 2.95. The van der Waals surface area contributed by atoms with Crippen molar-refractivity contribution in [3.63, 3.8) is 0 Å².